The van der Waals surface area contributed by atoms with Crippen LogP contribution in [0.2, 0.25) is 0 Å². The number of carboxylic acid groups (broad SMARTS) is 1. The van der Waals surface area contributed by atoms with Gasteiger partial charge in [-0.05, 0) is 55.5 Å². The van der Waals surface area contributed by atoms with Gasteiger partial charge in [0, 0.05) is 12.0 Å². The van der Waals surface area contributed by atoms with Crippen LogP contribution in [0.3, 0.4) is 0 Å². The zero-order valence-corrected chi connectivity index (χ0v) is 25.8. The Morgan fingerprint density at radius 3 is 2.35 bits per heavy atom. The Balaban J connectivity index is 0.000000298. The third kappa shape index (κ3) is 11.2. The Hall–Kier alpha value is -3.08. The van der Waals surface area contributed by atoms with Gasteiger partial charge in [-0.1, -0.05) is 70.4 Å². The fourth-order valence-corrected chi connectivity index (χ4v) is 4.79. The average Bonchev–Trinajstić information content (AvgIpc) is 3.43. The van der Waals surface area contributed by atoms with E-state index in [9.17, 15) is 28.2 Å². The van der Waals surface area contributed by atoms with Gasteiger partial charge in [-0.25, -0.2) is 4.79 Å². The van der Waals surface area contributed by atoms with E-state index in [1.807, 2.05) is 26.8 Å². The highest BCUT2D eigenvalue weighted by Gasteiger charge is 2.30. The molecule has 7 nitrogen and oxygen atoms in total. The monoisotopic (exact) mass is 609 g/mol. The number of carbonyl (C=O) groups is 1. The van der Waals surface area contributed by atoms with Gasteiger partial charge in [-0.2, -0.15) is 13.2 Å². The topological polar surface area (TPSA) is 97.2 Å². The van der Waals surface area contributed by atoms with E-state index in [0.29, 0.717) is 0 Å². The highest BCUT2D eigenvalue weighted by molar-refractivity contribution is 5.72. The molecule has 1 saturated carbocycles. The van der Waals surface area contributed by atoms with Crippen LogP contribution in [-0.2, 0) is 31.8 Å². The van der Waals surface area contributed by atoms with Crippen molar-refractivity contribution >= 4 is 5.97 Å². The van der Waals surface area contributed by atoms with Gasteiger partial charge in [-0.15, -0.1) is 0 Å². The van der Waals surface area contributed by atoms with Crippen LogP contribution >= 0.6 is 0 Å². The summed E-state index contributed by atoms with van der Waals surface area (Å²) >= 11 is 0. The number of ether oxygens (including phenoxy) is 3. The second-order valence-corrected chi connectivity index (χ2v) is 10.3. The minimum atomic E-state index is -4.44. The van der Waals surface area contributed by atoms with Crippen molar-refractivity contribution in [2.75, 3.05) is 13.2 Å². The second-order valence-electron chi connectivity index (χ2n) is 10.3. The number of hydrogen-bond acceptors (Lipinski definition) is 6. The first-order valence-corrected chi connectivity index (χ1v) is 15.0. The molecule has 2 aromatic carbocycles. The van der Waals surface area contributed by atoms with Gasteiger partial charge in [0.05, 0.1) is 37.2 Å². The molecule has 1 heterocycles. The molecular weight excluding hydrogens is 563 g/mol. The Kier molecular flexibility index (Phi) is 15.0. The molecule has 1 aliphatic heterocycles. The molecule has 0 radical (unpaired) electrons. The number of carboxylic acids is 1. The maximum absolute atomic E-state index is 12.7. The number of aliphatic carboxylic acids is 1. The van der Waals surface area contributed by atoms with E-state index in [1.165, 1.54) is 23.3 Å². The van der Waals surface area contributed by atoms with E-state index in [4.69, 9.17) is 14.2 Å². The highest BCUT2D eigenvalue weighted by Crippen LogP contribution is 2.31. The lowest BCUT2D eigenvalue weighted by Gasteiger charge is -2.24. The fourth-order valence-electron chi connectivity index (χ4n) is 4.79. The van der Waals surface area contributed by atoms with Crippen LogP contribution in [0.4, 0.5) is 13.2 Å². The molecule has 2 aromatic rings. The number of allylic oxidation sites excluding steroid dienone is 1. The van der Waals surface area contributed by atoms with E-state index in [0.717, 1.165) is 67.7 Å². The standard InChI is InChI=1S/C17H21F3O4.C14H19NO2.C2H6/c18-17(19,20)13-6-4-5-12(9-13)10-24-15(16(21)22)11-23-14-7-2-1-3-8-14;1-4-13-12(8-16)15-14(17-13)11-7-5-6-9(2)10(11)3;1-2/h4-6,9,14-15H,1-3,7-8,10-11H2,(H,21,22);5-7,14-16H,4,8H2,1-3H3;1-2H3. The van der Waals surface area contributed by atoms with Crippen molar-refractivity contribution in [2.24, 2.45) is 0 Å². The number of benzene rings is 2. The predicted molar refractivity (Wildman–Crippen MR) is 159 cm³/mol. The van der Waals surface area contributed by atoms with E-state index in [1.54, 1.807) is 0 Å². The molecule has 0 aromatic heterocycles. The van der Waals surface area contributed by atoms with Gasteiger partial charge < -0.3 is 29.7 Å². The lowest BCUT2D eigenvalue weighted by atomic mass is 9.98. The van der Waals surface area contributed by atoms with Crippen molar-refractivity contribution in [3.63, 3.8) is 0 Å². The molecule has 3 N–H and O–H groups in total. The minimum absolute atomic E-state index is 0.00450. The summed E-state index contributed by atoms with van der Waals surface area (Å²) in [5.74, 6) is -0.323. The van der Waals surface area contributed by atoms with Crippen molar-refractivity contribution < 1.29 is 42.4 Å². The molecule has 1 aliphatic carbocycles. The first kappa shape index (κ1) is 36.1. The molecule has 10 heteroatoms. The number of aliphatic hydroxyl groups is 1. The van der Waals surface area contributed by atoms with Gasteiger partial charge in [0.25, 0.3) is 0 Å². The third-order valence-corrected chi connectivity index (χ3v) is 7.33. The molecule has 0 bridgehead atoms. The molecule has 2 atom stereocenters. The fraction of sp³-hybridized carbons (Fsp3) is 0.545. The summed E-state index contributed by atoms with van der Waals surface area (Å²) in [4.78, 5) is 11.2. The van der Waals surface area contributed by atoms with Gasteiger partial charge >= 0.3 is 12.1 Å². The van der Waals surface area contributed by atoms with Crippen LogP contribution in [0.15, 0.2) is 53.9 Å². The van der Waals surface area contributed by atoms with Gasteiger partial charge in [-0.3, -0.25) is 0 Å². The number of rotatable bonds is 10. The van der Waals surface area contributed by atoms with Gasteiger partial charge in [0.15, 0.2) is 12.3 Å². The molecule has 0 spiro atoms. The first-order chi connectivity index (χ1) is 20.5. The molecule has 0 amide bonds. The number of hydrogen-bond donors (Lipinski definition) is 3. The summed E-state index contributed by atoms with van der Waals surface area (Å²) in [6.45, 7) is 9.91. The van der Waals surface area contributed by atoms with Crippen LogP contribution in [0.1, 0.15) is 93.3 Å². The number of halogens is 3. The molecule has 2 aliphatic rings. The summed E-state index contributed by atoms with van der Waals surface area (Å²) in [6.07, 6.45) is 0.136. The number of alkyl halides is 3. The quantitative estimate of drug-likeness (QED) is 0.255. The van der Waals surface area contributed by atoms with Crippen molar-refractivity contribution in [1.29, 1.82) is 0 Å². The van der Waals surface area contributed by atoms with E-state index in [2.05, 4.69) is 31.3 Å². The van der Waals surface area contributed by atoms with E-state index in [-0.39, 0.29) is 37.7 Å². The van der Waals surface area contributed by atoms with Crippen LogP contribution in [-0.4, -0.2) is 41.6 Å². The van der Waals surface area contributed by atoms with Crippen molar-refractivity contribution in [1.82, 2.24) is 5.32 Å². The van der Waals surface area contributed by atoms with Crippen molar-refractivity contribution in [2.45, 2.75) is 104 Å². The Bertz CT molecular complexity index is 1160. The Morgan fingerprint density at radius 1 is 1.09 bits per heavy atom. The first-order valence-electron chi connectivity index (χ1n) is 15.0. The molecule has 4 rings (SSSR count). The maximum atomic E-state index is 12.7. The van der Waals surface area contributed by atoms with Crippen LogP contribution in [0.5, 0.6) is 0 Å². The van der Waals surface area contributed by atoms with E-state index >= 15 is 0 Å². The lowest BCUT2D eigenvalue weighted by Crippen LogP contribution is -2.32. The van der Waals surface area contributed by atoms with Crippen LogP contribution in [0, 0.1) is 13.8 Å². The molecule has 2 unspecified atom stereocenters. The van der Waals surface area contributed by atoms with Crippen LogP contribution in [0.25, 0.3) is 0 Å². The lowest BCUT2D eigenvalue weighted by molar-refractivity contribution is -0.158. The molecular formula is C33H46F3NO6. The van der Waals surface area contributed by atoms with Crippen molar-refractivity contribution in [3.8, 4) is 0 Å². The van der Waals surface area contributed by atoms with Gasteiger partial charge in [0.2, 0.25) is 0 Å². The normalized spacial score (nSPS) is 17.6. The highest BCUT2D eigenvalue weighted by atomic mass is 19.4. The smallest absolute Gasteiger partial charge is 0.416 e. The SMILES string of the molecule is CC.CCC1=C(CO)NC(c2cccc(C)c2C)O1.O=C(O)C(COC1CCCCC1)OCc1cccc(C(F)(F)F)c1. The molecule has 0 saturated heterocycles. The predicted octanol–water partition coefficient (Wildman–Crippen LogP) is 7.59. The molecule has 1 fully saturated rings. The summed E-state index contributed by atoms with van der Waals surface area (Å²) < 4.78 is 54.7. The minimum Gasteiger partial charge on any atom is -0.479 e. The Morgan fingerprint density at radius 2 is 1.77 bits per heavy atom. The van der Waals surface area contributed by atoms with E-state index < -0.39 is 23.8 Å². The molecule has 240 valence electrons. The largest absolute Gasteiger partial charge is 0.479 e. The zero-order valence-electron chi connectivity index (χ0n) is 25.8. The summed E-state index contributed by atoms with van der Waals surface area (Å²) in [5.41, 5.74) is 3.92. The zero-order chi connectivity index (χ0) is 32.0. The second kappa shape index (κ2) is 17.9. The number of aliphatic hydroxyl groups excluding tert-OH is 1. The summed E-state index contributed by atoms with van der Waals surface area (Å²) in [5, 5.41) is 21.7. The third-order valence-electron chi connectivity index (χ3n) is 7.33. The summed E-state index contributed by atoms with van der Waals surface area (Å²) in [7, 11) is 0. The maximum Gasteiger partial charge on any atom is 0.416 e. The molecule has 43 heavy (non-hydrogen) atoms. The number of nitrogens with one attached hydrogen (secondary N) is 1. The van der Waals surface area contributed by atoms with Crippen LogP contribution < -0.4 is 5.32 Å². The summed E-state index contributed by atoms with van der Waals surface area (Å²) in [6, 6.07) is 10.9. The average molecular weight is 610 g/mol. The Labute approximate surface area is 253 Å². The van der Waals surface area contributed by atoms with Crippen molar-refractivity contribution in [3.05, 3.63) is 81.7 Å². The van der Waals surface area contributed by atoms with Gasteiger partial charge in [0.1, 0.15) is 5.76 Å². The number of aryl methyl sites for hydroxylation is 1.